The van der Waals surface area contributed by atoms with Crippen LogP contribution in [-0.4, -0.2) is 5.97 Å². The third-order valence-electron chi connectivity index (χ3n) is 0.392. The molecule has 0 atom stereocenters. The molecule has 0 aliphatic carbocycles. The van der Waals surface area contributed by atoms with Gasteiger partial charge in [0, 0.05) is 0 Å². The predicted octanol–water partition coefficient (Wildman–Crippen LogP) is 0.283. The third-order valence-corrected chi connectivity index (χ3v) is 1.14. The van der Waals surface area contributed by atoms with Crippen LogP contribution in [0.25, 0.3) is 0 Å². The first kappa shape index (κ1) is 6.92. The van der Waals surface area contributed by atoms with Crippen molar-refractivity contribution in [2.75, 3.05) is 0 Å². The molecule has 0 spiro atoms. The topological polar surface area (TPSA) is 43.4 Å². The van der Waals surface area contributed by atoms with Gasteiger partial charge in [-0.25, -0.2) is 0 Å². The van der Waals surface area contributed by atoms with Crippen molar-refractivity contribution >= 4 is 5.97 Å². The van der Waals surface area contributed by atoms with Gasteiger partial charge in [-0.2, -0.15) is 0 Å². The normalized spacial score (nSPS) is 8.71. The van der Waals surface area contributed by atoms with Crippen LogP contribution in [0.3, 0.4) is 0 Å². The van der Waals surface area contributed by atoms with Gasteiger partial charge >= 0.3 is 49.1 Å². The van der Waals surface area contributed by atoms with E-state index in [0.29, 0.717) is 6.42 Å². The molecule has 0 saturated carbocycles. The van der Waals surface area contributed by atoms with Crippen LogP contribution in [0.15, 0.2) is 0 Å². The molecule has 0 amide bonds. The molecule has 0 aromatic heterocycles. The minimum atomic E-state index is -1.65. The fraction of sp³-hybridized carbons (Fsp3) is 0.667. The van der Waals surface area contributed by atoms with Gasteiger partial charge in [0.15, 0.2) is 0 Å². The summed E-state index contributed by atoms with van der Waals surface area (Å²) >= 11 is -1.65. The summed E-state index contributed by atoms with van der Waals surface area (Å²) in [7, 11) is 0. The van der Waals surface area contributed by atoms with E-state index in [1.807, 2.05) is 0 Å². The molecule has 0 rings (SSSR count). The van der Waals surface area contributed by atoms with Gasteiger partial charge in [0.2, 0.25) is 0 Å². The van der Waals surface area contributed by atoms with E-state index in [9.17, 15) is 8.30 Å². The van der Waals surface area contributed by atoms with Gasteiger partial charge in [-0.15, -0.1) is 0 Å². The summed E-state index contributed by atoms with van der Waals surface area (Å²) in [6.45, 7) is 1.66. The average molecular weight is 281 g/mol. The summed E-state index contributed by atoms with van der Waals surface area (Å²) in [5.74, 6) is -0.380. The Morgan fingerprint density at radius 1 is 1.86 bits per heavy atom. The van der Waals surface area contributed by atoms with Crippen LogP contribution < -0.4 is 0 Å². The molecule has 0 bridgehead atoms. The van der Waals surface area contributed by atoms with Gasteiger partial charge in [-0.05, 0) is 0 Å². The van der Waals surface area contributed by atoms with Crippen molar-refractivity contribution in [2.45, 2.75) is 13.3 Å². The maximum atomic E-state index is 10.0. The van der Waals surface area contributed by atoms with E-state index in [2.05, 4.69) is 3.50 Å². The van der Waals surface area contributed by atoms with Crippen LogP contribution in [0, 0.1) is 0 Å². The first-order valence-corrected chi connectivity index (χ1v) is 3.70. The molecule has 0 radical (unpaired) electrons. The zero-order chi connectivity index (χ0) is 5.70. The standard InChI is InChI=1S/C3H6O2.Ir.O/c1-2-3(4)5;;/h2H2,1H3,(H,4,5);;/q;+1;/p-1. The summed E-state index contributed by atoms with van der Waals surface area (Å²) in [6.07, 6.45) is 0.311. The summed E-state index contributed by atoms with van der Waals surface area (Å²) in [6, 6.07) is 0. The van der Waals surface area contributed by atoms with Crippen LogP contribution in [0.1, 0.15) is 13.3 Å². The van der Waals surface area contributed by atoms with Gasteiger partial charge in [-0.1, -0.05) is 0 Å². The first-order chi connectivity index (χ1) is 3.31. The molecule has 4 heteroatoms. The van der Waals surface area contributed by atoms with Crippen molar-refractivity contribution in [1.82, 2.24) is 0 Å². The van der Waals surface area contributed by atoms with Crippen LogP contribution in [0.4, 0.5) is 0 Å². The van der Waals surface area contributed by atoms with E-state index >= 15 is 0 Å². The van der Waals surface area contributed by atoms with Gasteiger partial charge in [0.25, 0.3) is 0 Å². The Kier molecular flexibility index (Phi) is 4.04. The van der Waals surface area contributed by atoms with Crippen molar-refractivity contribution < 1.29 is 29.8 Å². The Labute approximate surface area is 49.7 Å². The van der Waals surface area contributed by atoms with Gasteiger partial charge in [-0.3, -0.25) is 0 Å². The van der Waals surface area contributed by atoms with Crippen molar-refractivity contribution in [3.05, 3.63) is 0 Å². The van der Waals surface area contributed by atoms with E-state index in [0.717, 1.165) is 0 Å². The second-order valence-electron chi connectivity index (χ2n) is 0.849. The van der Waals surface area contributed by atoms with Crippen molar-refractivity contribution in [3.63, 3.8) is 0 Å². The van der Waals surface area contributed by atoms with Crippen LogP contribution in [0.5, 0.6) is 0 Å². The van der Waals surface area contributed by atoms with Gasteiger partial charge in [0.1, 0.15) is 0 Å². The monoisotopic (exact) mass is 282 g/mol. The quantitative estimate of drug-likeness (QED) is 0.730. The van der Waals surface area contributed by atoms with Gasteiger partial charge < -0.3 is 0 Å². The Morgan fingerprint density at radius 2 is 2.43 bits per heavy atom. The second-order valence-corrected chi connectivity index (χ2v) is 1.74. The number of carbonyl (C=O) groups excluding carboxylic acids is 1. The molecule has 0 fully saturated rings. The SMILES string of the molecule is CCC(=O)[O][Ir]=[O]. The molecule has 0 aliphatic rings. The molecule has 7 heavy (non-hydrogen) atoms. The summed E-state index contributed by atoms with van der Waals surface area (Å²) in [5.41, 5.74) is 0. The third kappa shape index (κ3) is 3.76. The average Bonchev–Trinajstić information content (AvgIpc) is 1.68. The number of hydrogen-bond acceptors (Lipinski definition) is 3. The minimum absolute atomic E-state index is 0.311. The molecular weight excluding hydrogens is 276 g/mol. The molecule has 0 aliphatic heterocycles. The van der Waals surface area contributed by atoms with Crippen LogP contribution in [-0.2, 0) is 29.8 Å². The van der Waals surface area contributed by atoms with Crippen molar-refractivity contribution in [3.8, 4) is 0 Å². The molecule has 0 N–H and O–H groups in total. The Morgan fingerprint density at radius 3 is 2.57 bits per heavy atom. The molecule has 0 heterocycles. The van der Waals surface area contributed by atoms with E-state index in [4.69, 9.17) is 0 Å². The molecule has 0 aromatic rings. The number of carbonyl (C=O) groups is 1. The molecular formula is C3H5IrO3. The number of rotatable bonds is 2. The van der Waals surface area contributed by atoms with Crippen LogP contribution >= 0.6 is 0 Å². The Hall–Kier alpha value is -0.0806. The first-order valence-electron chi connectivity index (χ1n) is 1.74. The fourth-order valence-corrected chi connectivity index (χ4v) is 0.647. The van der Waals surface area contributed by atoms with Crippen LogP contribution in [0.2, 0.25) is 0 Å². The van der Waals surface area contributed by atoms with E-state index in [-0.39, 0.29) is 5.97 Å². The fourth-order valence-electron chi connectivity index (χ4n) is 0.0791. The van der Waals surface area contributed by atoms with Crippen molar-refractivity contribution in [1.29, 1.82) is 0 Å². The zero-order valence-electron chi connectivity index (χ0n) is 3.77. The molecule has 0 unspecified atom stereocenters. The maximum absolute atomic E-state index is 10.0. The second kappa shape index (κ2) is 4.09. The Balaban J connectivity index is 3.17. The summed E-state index contributed by atoms with van der Waals surface area (Å²) in [5, 5.41) is 0. The summed E-state index contributed by atoms with van der Waals surface area (Å²) < 4.78 is 13.7. The van der Waals surface area contributed by atoms with E-state index in [1.165, 1.54) is 0 Å². The van der Waals surface area contributed by atoms with E-state index < -0.39 is 18.0 Å². The Bertz CT molecular complexity index is 80.2. The summed E-state index contributed by atoms with van der Waals surface area (Å²) in [4.78, 5) is 10.0. The molecule has 3 nitrogen and oxygen atoms in total. The van der Waals surface area contributed by atoms with E-state index in [1.54, 1.807) is 6.92 Å². The van der Waals surface area contributed by atoms with Crippen molar-refractivity contribution in [2.24, 2.45) is 0 Å². The van der Waals surface area contributed by atoms with Gasteiger partial charge in [0.05, 0.1) is 0 Å². The molecule has 0 aromatic carbocycles. The zero-order valence-corrected chi connectivity index (χ0v) is 6.16. The molecule has 44 valence electrons. The number of hydrogen-bond donors (Lipinski definition) is 0. The predicted molar refractivity (Wildman–Crippen MR) is 17.1 cm³/mol. The molecule has 0 saturated heterocycles.